The Morgan fingerprint density at radius 2 is 1.50 bits per heavy atom. The average molecular weight is 296 g/mol. The maximum absolute atomic E-state index is 12.2. The molecule has 0 aliphatic heterocycles. The predicted octanol–water partition coefficient (Wildman–Crippen LogP) is 3.84. The maximum Gasteiger partial charge on any atom is 0.255 e. The van der Waals surface area contributed by atoms with Crippen molar-refractivity contribution in [3.63, 3.8) is 0 Å². The lowest BCUT2D eigenvalue weighted by molar-refractivity contribution is -0.118. The Bertz CT molecular complexity index is 676. The van der Waals surface area contributed by atoms with Gasteiger partial charge in [0.05, 0.1) is 0 Å². The molecule has 2 rings (SSSR count). The summed E-state index contributed by atoms with van der Waals surface area (Å²) in [7, 11) is 0. The first-order valence-electron chi connectivity index (χ1n) is 7.24. The Labute approximate surface area is 130 Å². The van der Waals surface area contributed by atoms with Gasteiger partial charge in [0, 0.05) is 22.9 Å². The highest BCUT2D eigenvalue weighted by Crippen LogP contribution is 2.17. The highest BCUT2D eigenvalue weighted by molar-refractivity contribution is 6.04. The van der Waals surface area contributed by atoms with Gasteiger partial charge in [0.15, 0.2) is 0 Å². The zero-order valence-electron chi connectivity index (χ0n) is 13.0. The molecule has 0 heterocycles. The molecule has 0 radical (unpaired) electrons. The summed E-state index contributed by atoms with van der Waals surface area (Å²) in [6, 6.07) is 14.5. The van der Waals surface area contributed by atoms with Gasteiger partial charge >= 0.3 is 0 Å². The van der Waals surface area contributed by atoms with E-state index in [2.05, 4.69) is 10.6 Å². The Balaban J connectivity index is 2.08. The molecule has 22 heavy (non-hydrogen) atoms. The third kappa shape index (κ3) is 4.19. The van der Waals surface area contributed by atoms with Gasteiger partial charge in [-0.15, -0.1) is 0 Å². The van der Waals surface area contributed by atoms with E-state index in [9.17, 15) is 9.59 Å². The Kier molecular flexibility index (Phi) is 4.94. The van der Waals surface area contributed by atoms with Gasteiger partial charge in [-0.2, -0.15) is 0 Å². The van der Waals surface area contributed by atoms with Crippen molar-refractivity contribution < 1.29 is 9.59 Å². The summed E-state index contributed by atoms with van der Waals surface area (Å²) in [4.78, 5) is 23.9. The highest BCUT2D eigenvalue weighted by Gasteiger charge is 2.09. The van der Waals surface area contributed by atoms with E-state index in [1.807, 2.05) is 32.9 Å². The molecule has 4 heteroatoms. The summed E-state index contributed by atoms with van der Waals surface area (Å²) in [5, 5.41) is 5.64. The van der Waals surface area contributed by atoms with Crippen LogP contribution in [0.2, 0.25) is 0 Å². The fourth-order valence-corrected chi connectivity index (χ4v) is 1.87. The van der Waals surface area contributed by atoms with Crippen molar-refractivity contribution in [2.75, 3.05) is 10.6 Å². The zero-order valence-corrected chi connectivity index (χ0v) is 13.0. The van der Waals surface area contributed by atoms with Crippen molar-refractivity contribution in [1.29, 1.82) is 0 Å². The quantitative estimate of drug-likeness (QED) is 0.900. The van der Waals surface area contributed by atoms with Crippen molar-refractivity contribution in [3.8, 4) is 0 Å². The molecule has 2 aromatic carbocycles. The van der Waals surface area contributed by atoms with Crippen LogP contribution in [0.3, 0.4) is 0 Å². The SMILES string of the molecule is Cc1ccc(C(=O)Nc2cccc(NC(=O)C(C)C)c2)cc1. The van der Waals surface area contributed by atoms with Crippen LogP contribution in [0.25, 0.3) is 0 Å². The van der Waals surface area contributed by atoms with Gasteiger partial charge in [-0.1, -0.05) is 37.6 Å². The van der Waals surface area contributed by atoms with E-state index in [0.717, 1.165) is 5.56 Å². The number of hydrogen-bond donors (Lipinski definition) is 2. The lowest BCUT2D eigenvalue weighted by Crippen LogP contribution is -2.18. The van der Waals surface area contributed by atoms with Crippen molar-refractivity contribution in [2.24, 2.45) is 5.92 Å². The molecule has 0 unspecified atom stereocenters. The number of amides is 2. The number of hydrogen-bond acceptors (Lipinski definition) is 2. The summed E-state index contributed by atoms with van der Waals surface area (Å²) in [5.41, 5.74) is 3.02. The minimum Gasteiger partial charge on any atom is -0.326 e. The van der Waals surface area contributed by atoms with Gasteiger partial charge < -0.3 is 10.6 Å². The molecule has 0 fully saturated rings. The van der Waals surface area contributed by atoms with Crippen LogP contribution in [0.5, 0.6) is 0 Å². The number of nitrogens with one attached hydrogen (secondary N) is 2. The summed E-state index contributed by atoms with van der Waals surface area (Å²) < 4.78 is 0. The van der Waals surface area contributed by atoms with Crippen LogP contribution in [0.1, 0.15) is 29.8 Å². The second kappa shape index (κ2) is 6.89. The van der Waals surface area contributed by atoms with Crippen LogP contribution in [0, 0.1) is 12.8 Å². The van der Waals surface area contributed by atoms with E-state index in [0.29, 0.717) is 16.9 Å². The van der Waals surface area contributed by atoms with Gasteiger partial charge in [0.25, 0.3) is 5.91 Å². The summed E-state index contributed by atoms with van der Waals surface area (Å²) in [6.45, 7) is 5.64. The number of carbonyl (C=O) groups is 2. The van der Waals surface area contributed by atoms with Crippen LogP contribution in [-0.4, -0.2) is 11.8 Å². The molecule has 2 N–H and O–H groups in total. The molecule has 2 aromatic rings. The van der Waals surface area contributed by atoms with E-state index in [-0.39, 0.29) is 17.7 Å². The fraction of sp³-hybridized carbons (Fsp3) is 0.222. The van der Waals surface area contributed by atoms with Crippen LogP contribution in [-0.2, 0) is 4.79 Å². The lowest BCUT2D eigenvalue weighted by atomic mass is 10.1. The Morgan fingerprint density at radius 3 is 2.09 bits per heavy atom. The van der Waals surface area contributed by atoms with Gasteiger partial charge in [-0.05, 0) is 37.3 Å². The van der Waals surface area contributed by atoms with E-state index >= 15 is 0 Å². The molecular weight excluding hydrogens is 276 g/mol. The van der Waals surface area contributed by atoms with E-state index in [4.69, 9.17) is 0 Å². The molecule has 0 bridgehead atoms. The average Bonchev–Trinajstić information content (AvgIpc) is 2.48. The zero-order chi connectivity index (χ0) is 16.1. The van der Waals surface area contributed by atoms with Crippen LogP contribution in [0.4, 0.5) is 11.4 Å². The molecule has 2 amide bonds. The Morgan fingerprint density at radius 1 is 0.909 bits per heavy atom. The van der Waals surface area contributed by atoms with Crippen molar-refractivity contribution in [3.05, 3.63) is 59.7 Å². The first-order chi connectivity index (χ1) is 10.5. The molecule has 0 saturated carbocycles. The second-order valence-corrected chi connectivity index (χ2v) is 5.54. The number of carbonyl (C=O) groups excluding carboxylic acids is 2. The maximum atomic E-state index is 12.2. The molecule has 0 aliphatic rings. The van der Waals surface area contributed by atoms with Crippen LogP contribution < -0.4 is 10.6 Å². The third-order valence-electron chi connectivity index (χ3n) is 3.23. The standard InChI is InChI=1S/C18H20N2O2/c1-12(2)17(21)19-15-5-4-6-16(11-15)20-18(22)14-9-7-13(3)8-10-14/h4-12H,1-3H3,(H,19,21)(H,20,22). The number of anilines is 2. The van der Waals surface area contributed by atoms with Crippen molar-refractivity contribution >= 4 is 23.2 Å². The van der Waals surface area contributed by atoms with Crippen LogP contribution >= 0.6 is 0 Å². The summed E-state index contributed by atoms with van der Waals surface area (Å²) >= 11 is 0. The molecule has 0 aliphatic carbocycles. The smallest absolute Gasteiger partial charge is 0.255 e. The highest BCUT2D eigenvalue weighted by atomic mass is 16.2. The monoisotopic (exact) mass is 296 g/mol. The molecule has 0 saturated heterocycles. The first-order valence-corrected chi connectivity index (χ1v) is 7.24. The minimum atomic E-state index is -0.174. The Hall–Kier alpha value is -2.62. The van der Waals surface area contributed by atoms with E-state index in [1.54, 1.807) is 36.4 Å². The van der Waals surface area contributed by atoms with E-state index in [1.165, 1.54) is 0 Å². The molecule has 0 atom stereocenters. The van der Waals surface area contributed by atoms with E-state index < -0.39 is 0 Å². The van der Waals surface area contributed by atoms with Gasteiger partial charge in [-0.3, -0.25) is 9.59 Å². The predicted molar refractivity (Wildman–Crippen MR) is 89.0 cm³/mol. The molecule has 0 spiro atoms. The number of aryl methyl sites for hydroxylation is 1. The van der Waals surface area contributed by atoms with Crippen molar-refractivity contribution in [2.45, 2.75) is 20.8 Å². The van der Waals surface area contributed by atoms with Gasteiger partial charge in [-0.25, -0.2) is 0 Å². The molecule has 4 nitrogen and oxygen atoms in total. The van der Waals surface area contributed by atoms with Crippen LogP contribution in [0.15, 0.2) is 48.5 Å². The first kappa shape index (κ1) is 15.8. The summed E-state index contributed by atoms with van der Waals surface area (Å²) in [6.07, 6.45) is 0. The minimum absolute atomic E-state index is 0.0537. The molecule has 0 aromatic heterocycles. The summed E-state index contributed by atoms with van der Waals surface area (Å²) in [5.74, 6) is -0.319. The number of benzene rings is 2. The molecule has 114 valence electrons. The third-order valence-corrected chi connectivity index (χ3v) is 3.23. The van der Waals surface area contributed by atoms with Crippen molar-refractivity contribution in [1.82, 2.24) is 0 Å². The largest absolute Gasteiger partial charge is 0.326 e. The van der Waals surface area contributed by atoms with Gasteiger partial charge in [0.1, 0.15) is 0 Å². The normalized spacial score (nSPS) is 10.4. The molecular formula is C18H20N2O2. The number of rotatable bonds is 4. The lowest BCUT2D eigenvalue weighted by Gasteiger charge is -2.10. The fourth-order valence-electron chi connectivity index (χ4n) is 1.87. The topological polar surface area (TPSA) is 58.2 Å². The second-order valence-electron chi connectivity index (χ2n) is 5.54. The van der Waals surface area contributed by atoms with Gasteiger partial charge in [0.2, 0.25) is 5.91 Å².